The first-order valence-corrected chi connectivity index (χ1v) is 7.76. The molecular formula is C18H19FN2O4. The highest BCUT2D eigenvalue weighted by Gasteiger charge is 2.23. The highest BCUT2D eigenvalue weighted by atomic mass is 19.1. The largest absolute Gasteiger partial charge is 0.503 e. The van der Waals surface area contributed by atoms with Crippen LogP contribution in [0.5, 0.6) is 5.75 Å². The minimum atomic E-state index is -0.918. The van der Waals surface area contributed by atoms with E-state index in [-0.39, 0.29) is 18.7 Å². The zero-order valence-electron chi connectivity index (χ0n) is 13.7. The number of anilines is 1. The fraction of sp³-hybridized carbons (Fsp3) is 0.222. The van der Waals surface area contributed by atoms with Crippen LogP contribution in [0.3, 0.4) is 0 Å². The molecule has 3 N–H and O–H groups in total. The van der Waals surface area contributed by atoms with Crippen molar-refractivity contribution in [3.8, 4) is 5.75 Å². The number of nitrogens with one attached hydrogen (secondary N) is 2. The summed E-state index contributed by atoms with van der Waals surface area (Å²) in [6.07, 6.45) is 0.238. The number of aromatic hydroxyl groups is 1. The molecule has 2 aromatic rings. The van der Waals surface area contributed by atoms with E-state index >= 15 is 0 Å². The Kier molecular flexibility index (Phi) is 6.33. The fourth-order valence-electron chi connectivity index (χ4n) is 2.22. The first kappa shape index (κ1) is 18.3. The summed E-state index contributed by atoms with van der Waals surface area (Å²) in [5.41, 5.74) is 0.745. The summed E-state index contributed by atoms with van der Waals surface area (Å²) in [5, 5.41) is 14.4. The minimum absolute atomic E-state index is 0.0974. The molecule has 2 rings (SSSR count). The number of hydrogen-bond donors (Lipinski definition) is 3. The number of esters is 1. The Morgan fingerprint density at radius 3 is 2.56 bits per heavy atom. The number of para-hydroxylation sites is 1. The molecule has 0 saturated carbocycles. The standard InChI is InChI=1S/C18H19FN2O4/c1-2-25-17(23)15(11-12-7-4-3-5-8-12)21-18(24)20-14-10-6-9-13(19)16(14)22/h3-10,15,22H,2,11H2,1H3,(H2,20,21,24)/t15-/m0/s1. The highest BCUT2D eigenvalue weighted by molar-refractivity contribution is 5.93. The van der Waals surface area contributed by atoms with Crippen molar-refractivity contribution in [2.75, 3.05) is 11.9 Å². The molecule has 7 heteroatoms. The minimum Gasteiger partial charge on any atom is -0.503 e. The van der Waals surface area contributed by atoms with Gasteiger partial charge < -0.3 is 20.5 Å². The third kappa shape index (κ3) is 5.20. The van der Waals surface area contributed by atoms with Crippen LogP contribution in [0.1, 0.15) is 12.5 Å². The van der Waals surface area contributed by atoms with Gasteiger partial charge in [0.25, 0.3) is 0 Å². The van der Waals surface area contributed by atoms with Gasteiger partial charge in [-0.05, 0) is 24.6 Å². The Labute approximate surface area is 144 Å². The molecule has 0 radical (unpaired) electrons. The number of hydrogen-bond acceptors (Lipinski definition) is 4. The lowest BCUT2D eigenvalue weighted by Gasteiger charge is -2.18. The van der Waals surface area contributed by atoms with Crippen molar-refractivity contribution >= 4 is 17.7 Å². The number of phenolic OH excluding ortho intramolecular Hbond substituents is 1. The van der Waals surface area contributed by atoms with Gasteiger partial charge in [0.05, 0.1) is 12.3 Å². The molecule has 0 fully saturated rings. The maximum Gasteiger partial charge on any atom is 0.329 e. The maximum atomic E-state index is 13.3. The number of amides is 2. The molecule has 132 valence electrons. The van der Waals surface area contributed by atoms with E-state index in [1.54, 1.807) is 6.92 Å². The van der Waals surface area contributed by atoms with Gasteiger partial charge in [-0.1, -0.05) is 36.4 Å². The Bertz CT molecular complexity index is 737. The molecule has 0 aliphatic heterocycles. The molecule has 0 saturated heterocycles. The molecule has 0 bridgehead atoms. The summed E-state index contributed by atoms with van der Waals surface area (Å²) in [6, 6.07) is 11.2. The molecule has 0 heterocycles. The predicted octanol–water partition coefficient (Wildman–Crippen LogP) is 2.83. The van der Waals surface area contributed by atoms with Gasteiger partial charge in [0, 0.05) is 6.42 Å². The number of carbonyl (C=O) groups is 2. The normalized spacial score (nSPS) is 11.4. The number of ether oxygens (including phenoxy) is 1. The SMILES string of the molecule is CCOC(=O)[C@H](Cc1ccccc1)NC(=O)Nc1cccc(F)c1O. The summed E-state index contributed by atoms with van der Waals surface area (Å²) in [6.45, 7) is 1.85. The average molecular weight is 346 g/mol. The van der Waals surface area contributed by atoms with E-state index in [0.717, 1.165) is 11.6 Å². The van der Waals surface area contributed by atoms with Gasteiger partial charge in [0.1, 0.15) is 6.04 Å². The van der Waals surface area contributed by atoms with Crippen LogP contribution in [-0.2, 0) is 16.0 Å². The molecule has 1 atom stereocenters. The predicted molar refractivity (Wildman–Crippen MR) is 90.8 cm³/mol. The van der Waals surface area contributed by atoms with Gasteiger partial charge >= 0.3 is 12.0 Å². The van der Waals surface area contributed by atoms with Crippen molar-refractivity contribution in [3.63, 3.8) is 0 Å². The van der Waals surface area contributed by atoms with Crippen LogP contribution in [0.25, 0.3) is 0 Å². The lowest BCUT2D eigenvalue weighted by Crippen LogP contribution is -2.45. The van der Waals surface area contributed by atoms with Crippen molar-refractivity contribution < 1.29 is 23.8 Å². The Hall–Kier alpha value is -3.09. The second-order valence-electron chi connectivity index (χ2n) is 5.23. The smallest absolute Gasteiger partial charge is 0.329 e. The van der Waals surface area contributed by atoms with Crippen LogP contribution >= 0.6 is 0 Å². The van der Waals surface area contributed by atoms with Crippen molar-refractivity contribution in [1.82, 2.24) is 5.32 Å². The number of halogens is 1. The van der Waals surface area contributed by atoms with Gasteiger partial charge in [-0.25, -0.2) is 14.0 Å². The second kappa shape index (κ2) is 8.68. The van der Waals surface area contributed by atoms with Crippen LogP contribution < -0.4 is 10.6 Å². The van der Waals surface area contributed by atoms with Crippen LogP contribution in [-0.4, -0.2) is 29.8 Å². The summed E-state index contributed by atoms with van der Waals surface area (Å²) < 4.78 is 18.3. The third-order valence-electron chi connectivity index (χ3n) is 3.39. The van der Waals surface area contributed by atoms with Gasteiger partial charge in [-0.15, -0.1) is 0 Å². The topological polar surface area (TPSA) is 87.7 Å². The molecule has 0 aromatic heterocycles. The summed E-state index contributed by atoms with van der Waals surface area (Å²) in [7, 11) is 0. The fourth-order valence-corrected chi connectivity index (χ4v) is 2.22. The van der Waals surface area contributed by atoms with E-state index < -0.39 is 29.6 Å². The van der Waals surface area contributed by atoms with E-state index in [9.17, 15) is 19.1 Å². The molecule has 2 amide bonds. The van der Waals surface area contributed by atoms with Gasteiger partial charge in [-0.2, -0.15) is 0 Å². The Morgan fingerprint density at radius 1 is 1.16 bits per heavy atom. The summed E-state index contributed by atoms with van der Waals surface area (Å²) in [5.74, 6) is -2.11. The highest BCUT2D eigenvalue weighted by Crippen LogP contribution is 2.25. The molecule has 0 unspecified atom stereocenters. The average Bonchev–Trinajstić information content (AvgIpc) is 2.59. The lowest BCUT2D eigenvalue weighted by atomic mass is 10.1. The van der Waals surface area contributed by atoms with E-state index in [0.29, 0.717) is 0 Å². The summed E-state index contributed by atoms with van der Waals surface area (Å²) >= 11 is 0. The summed E-state index contributed by atoms with van der Waals surface area (Å²) in [4.78, 5) is 24.2. The molecule has 6 nitrogen and oxygen atoms in total. The van der Waals surface area contributed by atoms with Gasteiger partial charge in [-0.3, -0.25) is 0 Å². The van der Waals surface area contributed by atoms with E-state index in [4.69, 9.17) is 4.74 Å². The molecule has 0 aliphatic rings. The number of urea groups is 1. The quantitative estimate of drug-likeness (QED) is 0.554. The van der Waals surface area contributed by atoms with Crippen molar-refractivity contribution in [2.24, 2.45) is 0 Å². The van der Waals surface area contributed by atoms with Crippen molar-refractivity contribution in [3.05, 3.63) is 59.9 Å². The van der Waals surface area contributed by atoms with Crippen molar-refractivity contribution in [1.29, 1.82) is 0 Å². The molecule has 2 aromatic carbocycles. The lowest BCUT2D eigenvalue weighted by molar-refractivity contribution is -0.145. The molecule has 25 heavy (non-hydrogen) atoms. The van der Waals surface area contributed by atoms with Crippen LogP contribution in [0, 0.1) is 5.82 Å². The second-order valence-corrected chi connectivity index (χ2v) is 5.23. The number of carbonyl (C=O) groups excluding carboxylic acids is 2. The first-order chi connectivity index (χ1) is 12.0. The van der Waals surface area contributed by atoms with Crippen LogP contribution in [0.4, 0.5) is 14.9 Å². The number of rotatable bonds is 6. The zero-order chi connectivity index (χ0) is 18.2. The van der Waals surface area contributed by atoms with Crippen molar-refractivity contribution in [2.45, 2.75) is 19.4 Å². The third-order valence-corrected chi connectivity index (χ3v) is 3.39. The molecule has 0 spiro atoms. The van der Waals surface area contributed by atoms with Gasteiger partial charge in [0.2, 0.25) is 0 Å². The molecular weight excluding hydrogens is 327 g/mol. The van der Waals surface area contributed by atoms with Crippen LogP contribution in [0.15, 0.2) is 48.5 Å². The zero-order valence-corrected chi connectivity index (χ0v) is 13.7. The van der Waals surface area contributed by atoms with Gasteiger partial charge in [0.15, 0.2) is 11.6 Å². The van der Waals surface area contributed by atoms with Crippen LogP contribution in [0.2, 0.25) is 0 Å². The number of benzene rings is 2. The maximum absolute atomic E-state index is 13.3. The molecule has 0 aliphatic carbocycles. The Morgan fingerprint density at radius 2 is 1.88 bits per heavy atom. The van der Waals surface area contributed by atoms with E-state index in [2.05, 4.69) is 10.6 Å². The number of phenols is 1. The van der Waals surface area contributed by atoms with E-state index in [1.165, 1.54) is 12.1 Å². The Balaban J connectivity index is 2.08. The monoisotopic (exact) mass is 346 g/mol. The van der Waals surface area contributed by atoms with E-state index in [1.807, 2.05) is 30.3 Å². The first-order valence-electron chi connectivity index (χ1n) is 7.76.